The monoisotopic (exact) mass is 1840 g/mol. The maximum Gasteiger partial charge on any atom is 0.290 e. The molecule has 4 aromatic carbocycles. The summed E-state index contributed by atoms with van der Waals surface area (Å²) in [7, 11) is 0. The number of aliphatic imine (C=N–C) groups is 1. The van der Waals surface area contributed by atoms with Gasteiger partial charge in [0.2, 0.25) is 5.76 Å². The number of rotatable bonds is 30. The molecule has 127 heavy (non-hydrogen) atoms. The lowest BCUT2D eigenvalue weighted by Gasteiger charge is -2.70. The second-order valence-electron chi connectivity index (χ2n) is 35.3. The van der Waals surface area contributed by atoms with Gasteiger partial charge in [0.25, 0.3) is 53.2 Å². The molecule has 14 fully saturated rings. The van der Waals surface area contributed by atoms with Crippen LogP contribution in [0.1, 0.15) is 219 Å². The Hall–Kier alpha value is -10.8. The van der Waals surface area contributed by atoms with Crippen molar-refractivity contribution >= 4 is 105 Å². The van der Waals surface area contributed by atoms with E-state index in [4.69, 9.17) is 63.7 Å². The van der Waals surface area contributed by atoms with E-state index >= 15 is 0 Å². The number of allylic oxidation sites excluding steroid dienone is 1. The first-order valence-corrected chi connectivity index (χ1v) is 43.5. The Morgan fingerprint density at radius 3 is 1.43 bits per heavy atom. The van der Waals surface area contributed by atoms with Crippen molar-refractivity contribution < 1.29 is 98.4 Å². The minimum atomic E-state index is -3.27. The number of aliphatic hydroxyl groups is 2. The number of carbonyl (C=O) groups is 8. The fraction of sp³-hybridized carbons (Fsp3) is 0.477. The predicted octanol–water partition coefficient (Wildman–Crippen LogP) is 12.4. The zero-order chi connectivity index (χ0) is 91.0. The van der Waals surface area contributed by atoms with Crippen molar-refractivity contribution in [3.63, 3.8) is 0 Å². The van der Waals surface area contributed by atoms with Crippen LogP contribution in [-0.4, -0.2) is 178 Å². The molecule has 3 atom stereocenters. The molecule has 3 heterocycles. The number of thiazole rings is 1. The van der Waals surface area contributed by atoms with Gasteiger partial charge < -0.3 is 76.2 Å². The van der Waals surface area contributed by atoms with Crippen molar-refractivity contribution in [2.45, 2.75) is 237 Å². The summed E-state index contributed by atoms with van der Waals surface area (Å²) in [4.78, 5) is 116. The van der Waals surface area contributed by atoms with Crippen molar-refractivity contribution in [2.75, 3.05) is 26.4 Å². The number of alkyl halides is 3. The molecule has 14 aliphatic carbocycles. The van der Waals surface area contributed by atoms with E-state index in [2.05, 4.69) is 74.2 Å². The molecule has 14 saturated carbocycles. The van der Waals surface area contributed by atoms with E-state index in [1.165, 1.54) is 62.4 Å². The number of benzene rings is 4. The van der Waals surface area contributed by atoms with Crippen LogP contribution in [0.15, 0.2) is 118 Å². The molecule has 0 spiro atoms. The minimum Gasteiger partial charge on any atom is -0.484 e. The van der Waals surface area contributed by atoms with Gasteiger partial charge in [0, 0.05) is 92.9 Å². The lowest BCUT2D eigenvalue weighted by molar-refractivity contribution is -0.142. The van der Waals surface area contributed by atoms with Gasteiger partial charge in [0.05, 0.1) is 56.4 Å². The molecule has 29 nitrogen and oxygen atoms in total. The molecule has 14 aliphatic rings. The molecule has 11 N–H and O–H groups in total. The average molecular weight is 1840 g/mol. The third-order valence-corrected chi connectivity index (χ3v) is 27.2. The summed E-state index contributed by atoms with van der Waals surface area (Å²) >= 11 is 18.8. The molecule has 39 heteroatoms. The zero-order valence-corrected chi connectivity index (χ0v) is 72.7. The Bertz CT molecular complexity index is 5270. The number of halogens is 9. The number of aliphatic hydroxyl groups excluding tert-OH is 2. The molecule has 21 rings (SSSR count). The maximum absolute atomic E-state index is 13.7. The fourth-order valence-electron chi connectivity index (χ4n) is 17.9. The number of hydrogen-bond donors (Lipinski definition) is 11. The number of nitrogens with zero attached hydrogens (tertiary/aromatic N) is 5. The summed E-state index contributed by atoms with van der Waals surface area (Å²) in [6.45, 7) is 7.61. The number of ether oxygens (including phenoxy) is 4. The third-order valence-electron chi connectivity index (χ3n) is 25.2. The van der Waals surface area contributed by atoms with Crippen molar-refractivity contribution in [2.24, 2.45) is 4.99 Å². The van der Waals surface area contributed by atoms with Gasteiger partial charge >= 0.3 is 0 Å². The highest BCUT2D eigenvalue weighted by atomic mass is 35.5. The van der Waals surface area contributed by atoms with Crippen LogP contribution < -0.4 is 61.5 Å². The van der Waals surface area contributed by atoms with Gasteiger partial charge in [-0.2, -0.15) is 8.78 Å². The summed E-state index contributed by atoms with van der Waals surface area (Å²) in [5, 5.41) is 60.0. The van der Waals surface area contributed by atoms with Gasteiger partial charge in [-0.25, -0.2) is 27.5 Å². The molecule has 1 unspecified atom stereocenters. The number of nitrogens with one attached hydrogen (secondary N) is 9. The van der Waals surface area contributed by atoms with E-state index in [0.717, 1.165) is 60.5 Å². The third kappa shape index (κ3) is 21.8. The second kappa shape index (κ2) is 36.8. The van der Waals surface area contributed by atoms with Gasteiger partial charge in [-0.1, -0.05) is 52.6 Å². The van der Waals surface area contributed by atoms with Crippen molar-refractivity contribution in [3.8, 4) is 23.0 Å². The van der Waals surface area contributed by atoms with Crippen molar-refractivity contribution in [1.29, 1.82) is 5.41 Å². The number of hydrogen-bond acceptors (Lipinski definition) is 22. The number of amides is 8. The zero-order valence-electron chi connectivity index (χ0n) is 69.6. The molecule has 0 radical (unpaired) electrons. The Kier molecular flexibility index (Phi) is 26.7. The van der Waals surface area contributed by atoms with Crippen LogP contribution in [-0.2, 0) is 24.0 Å². The van der Waals surface area contributed by atoms with Crippen LogP contribution in [0.3, 0.4) is 0 Å². The van der Waals surface area contributed by atoms with Crippen LogP contribution in [0.4, 0.5) is 26.3 Å². The molecular formula is C88H95Cl3F6N14O15S. The SMILES string of the molecule is C=C(N=CC(=N)C(=O)NC12CCC(NC(=O)COc3ccc(Cl)c(F)c3)(CC1)[C@@H](O)C2)C(C)(F)F.CC(F)c1cc(C(=O)NC23CC(NC(=O)COc4ccc(Cl)c(F)c4)(C2)C3)on1.Cc1cc(OCC(=O)NC23CC(NC(=O)c4csc(C5CC5)n4)(C2)C3)ccc1Cl.Cc1ccc(OCC(=O)NC23CCC(NC(=O)c4cnc(C5CC5)cn4)(CC2)C[C@@H]3O)cc1F. The number of fused-ring (bicyclic) bond motifs is 6. The van der Waals surface area contributed by atoms with E-state index in [1.807, 2.05) is 18.4 Å². The molecular weight excluding hydrogens is 1750 g/mol. The first kappa shape index (κ1) is 92.4. The van der Waals surface area contributed by atoms with Crippen molar-refractivity contribution in [3.05, 3.63) is 186 Å². The predicted molar refractivity (Wildman–Crippen MR) is 453 cm³/mol. The van der Waals surface area contributed by atoms with E-state index in [-0.39, 0.29) is 117 Å². The Balaban J connectivity index is 0.000000138. The van der Waals surface area contributed by atoms with Crippen molar-refractivity contribution in [1.82, 2.24) is 62.6 Å². The lowest BCUT2D eigenvalue weighted by Crippen LogP contribution is -2.84. The Morgan fingerprint density at radius 2 is 1.00 bits per heavy atom. The largest absolute Gasteiger partial charge is 0.484 e. The second-order valence-corrected chi connectivity index (χ2v) is 37.4. The number of aryl methyl sites for hydroxylation is 2. The van der Waals surface area contributed by atoms with Crippen LogP contribution in [0.25, 0.3) is 0 Å². The van der Waals surface area contributed by atoms with Crippen LogP contribution in [0.5, 0.6) is 23.0 Å². The normalized spacial score (nSPS) is 26.5. The standard InChI is InChI=1S/C25H29FN4O4.C23H26ClF3N4O4.C21H22ClN3O3S.C19H18ClF2N3O4/c1-15-2-5-17(10-18(15)26)34-14-22(32)29-25-8-6-24(7-9-25,11-21(25)31)30-23(33)20-13-27-19(12-28-20)16-3-4-16;1-13(21(2,26)27)29-11-17(28)20(34)31-22-5-7-23(8-6-22,18(32)10-22)30-19(33)12-35-14-3-4-15(24)16(25)9-14;1-12-6-14(4-5-15(12)22)28-7-17(26)24-20-9-21(10-20,11-20)25-18(27)16-8-29-19(23-16)13-2-3-13;1-10(21)14-5-15(29-25-14)17(27)24-19-7-18(8-19,9-19)23-16(26)6-28-11-2-3-12(20)13(22)4-11/h2,5,10,12-13,16,21,31H,3-4,6-9,11,14H2,1H3,(H,29,32)(H,30,33);3-4,9,11,18,28,32H,1,5-8,10,12H2,2H3,(H,30,33)(H,31,34);4-6,8,13H,2-3,7,9-11H2,1H3,(H,24,26)(H,25,27);2-5,10H,6-9H2,1H3,(H,23,26)(H,24,27)/t21-,24?,25?;18-,22?,23?;;/m00../s1. The molecule has 8 bridgehead atoms. The lowest BCUT2D eigenvalue weighted by atomic mass is 9.44. The van der Waals surface area contributed by atoms with Gasteiger partial charge in [0.1, 0.15) is 75.1 Å². The van der Waals surface area contributed by atoms with Gasteiger partial charge in [-0.05, 0) is 209 Å². The van der Waals surface area contributed by atoms with Gasteiger partial charge in [0.15, 0.2) is 26.4 Å². The van der Waals surface area contributed by atoms with Crippen LogP contribution in [0.2, 0.25) is 15.1 Å². The summed E-state index contributed by atoms with van der Waals surface area (Å²) in [5.41, 5.74) is -2.36. The first-order valence-electron chi connectivity index (χ1n) is 41.5. The molecule has 7 aromatic rings. The Labute approximate surface area is 744 Å². The van der Waals surface area contributed by atoms with E-state index < -0.39 is 105 Å². The minimum absolute atomic E-state index is 0.0243. The smallest absolute Gasteiger partial charge is 0.290 e. The highest BCUT2D eigenvalue weighted by Gasteiger charge is 2.71. The molecule has 3 aromatic heterocycles. The summed E-state index contributed by atoms with van der Waals surface area (Å²) in [5.74, 6) is -5.75. The average Bonchev–Trinajstić information content (AvgIpc) is 0.750. The Morgan fingerprint density at radius 1 is 0.567 bits per heavy atom. The van der Waals surface area contributed by atoms with Gasteiger partial charge in [-0.3, -0.25) is 53.7 Å². The van der Waals surface area contributed by atoms with E-state index in [9.17, 15) is 74.9 Å². The molecule has 8 amide bonds. The summed E-state index contributed by atoms with van der Waals surface area (Å²) < 4.78 is 106. The quantitative estimate of drug-likeness (QED) is 0.0147. The van der Waals surface area contributed by atoms with Gasteiger partial charge in [-0.15, -0.1) is 11.3 Å². The molecule has 0 saturated heterocycles. The molecule has 0 aliphatic heterocycles. The molecule has 676 valence electrons. The highest BCUT2D eigenvalue weighted by Crippen LogP contribution is 2.62. The van der Waals surface area contributed by atoms with Crippen LogP contribution >= 0.6 is 46.1 Å². The number of carbonyl (C=O) groups excluding carboxylic acids is 8. The highest BCUT2D eigenvalue weighted by molar-refractivity contribution is 7.10. The fourth-order valence-corrected chi connectivity index (χ4v) is 19.2. The van der Waals surface area contributed by atoms with E-state index in [0.29, 0.717) is 124 Å². The summed E-state index contributed by atoms with van der Waals surface area (Å²) in [6.07, 6.45) is 13.8. The summed E-state index contributed by atoms with van der Waals surface area (Å²) in [6, 6.07) is 18.8. The maximum atomic E-state index is 13.7. The first-order chi connectivity index (χ1) is 60.1. The van der Waals surface area contributed by atoms with E-state index in [1.54, 1.807) is 48.7 Å². The topological polar surface area (TPSA) is 411 Å². The number of aromatic nitrogens is 4. The van der Waals surface area contributed by atoms with Crippen LogP contribution in [0, 0.1) is 36.7 Å².